The highest BCUT2D eigenvalue weighted by atomic mass is 16.2. The van der Waals surface area contributed by atoms with Crippen molar-refractivity contribution in [3.05, 3.63) is 0 Å². The molecule has 4 atom stereocenters. The van der Waals surface area contributed by atoms with E-state index in [0.29, 0.717) is 51.1 Å². The Hall–Kier alpha value is -2.20. The van der Waals surface area contributed by atoms with E-state index in [1.807, 2.05) is 9.80 Å². The second kappa shape index (κ2) is 35.9. The van der Waals surface area contributed by atoms with Crippen molar-refractivity contribution in [2.24, 2.45) is 11.8 Å². The van der Waals surface area contributed by atoms with E-state index in [1.165, 1.54) is 103 Å². The maximum Gasteiger partial charge on any atom is 0.243 e. The standard InChI is InChI=1S/C54H104N6O4/c1-9-11-13-15-17-19-21-23-27-35-49(61)59(43-37-47-33-31-41-57(47)7)51(45(3)4)53(63)55-39-29-25-26-30-40-56-54(64)52(46(5)6)60(44-38-48-34-32-42-58(48)8)50(62)36-28-24-22-20-18-16-14-12-10-2/h45-48,51-52H,9-44H2,1-8H3,(H,55,63)(H,56,64). The molecule has 10 heteroatoms. The minimum Gasteiger partial charge on any atom is -0.354 e. The first-order valence-electron chi connectivity index (χ1n) is 27.5. The van der Waals surface area contributed by atoms with E-state index in [9.17, 15) is 19.2 Å². The molecule has 2 rings (SSSR count). The van der Waals surface area contributed by atoms with E-state index in [-0.39, 0.29) is 35.5 Å². The Kier molecular flexibility index (Phi) is 32.5. The van der Waals surface area contributed by atoms with Gasteiger partial charge in [-0.25, -0.2) is 0 Å². The smallest absolute Gasteiger partial charge is 0.243 e. The Morgan fingerprint density at radius 3 is 1.09 bits per heavy atom. The summed E-state index contributed by atoms with van der Waals surface area (Å²) in [5.41, 5.74) is 0. The molecule has 2 aliphatic heterocycles. The zero-order chi connectivity index (χ0) is 47.0. The highest BCUT2D eigenvalue weighted by Gasteiger charge is 2.35. The molecule has 4 unspecified atom stereocenters. The predicted octanol–water partition coefficient (Wildman–Crippen LogP) is 11.3. The topological polar surface area (TPSA) is 105 Å². The number of amides is 4. The zero-order valence-corrected chi connectivity index (χ0v) is 43.3. The summed E-state index contributed by atoms with van der Waals surface area (Å²) in [5.74, 6) is 0.254. The fourth-order valence-electron chi connectivity index (χ4n) is 10.4. The molecule has 0 saturated carbocycles. The maximum absolute atomic E-state index is 13.8. The molecule has 0 spiro atoms. The minimum atomic E-state index is -0.461. The zero-order valence-electron chi connectivity index (χ0n) is 43.3. The number of rotatable bonds is 39. The van der Waals surface area contributed by atoms with Crippen molar-refractivity contribution < 1.29 is 19.2 Å². The van der Waals surface area contributed by atoms with Gasteiger partial charge in [-0.15, -0.1) is 0 Å². The van der Waals surface area contributed by atoms with Crippen LogP contribution in [0.5, 0.6) is 0 Å². The van der Waals surface area contributed by atoms with Crippen LogP contribution in [-0.4, -0.2) is 121 Å². The van der Waals surface area contributed by atoms with Gasteiger partial charge < -0.3 is 30.2 Å². The van der Waals surface area contributed by atoms with E-state index < -0.39 is 12.1 Å². The van der Waals surface area contributed by atoms with Gasteiger partial charge in [-0.05, 0) is 103 Å². The number of unbranched alkanes of at least 4 members (excludes halogenated alkanes) is 19. The third-order valence-corrected chi connectivity index (χ3v) is 14.6. The molecule has 0 bridgehead atoms. The second-order valence-corrected chi connectivity index (χ2v) is 20.8. The Morgan fingerprint density at radius 1 is 0.484 bits per heavy atom. The third-order valence-electron chi connectivity index (χ3n) is 14.6. The van der Waals surface area contributed by atoms with Gasteiger partial charge >= 0.3 is 0 Å². The van der Waals surface area contributed by atoms with Gasteiger partial charge in [0.25, 0.3) is 0 Å². The number of carbonyl (C=O) groups excluding carboxylic acids is 4. The van der Waals surface area contributed by atoms with Crippen LogP contribution in [0.15, 0.2) is 0 Å². The maximum atomic E-state index is 13.8. The van der Waals surface area contributed by atoms with E-state index in [0.717, 1.165) is 90.1 Å². The van der Waals surface area contributed by atoms with Crippen molar-refractivity contribution in [1.29, 1.82) is 0 Å². The average Bonchev–Trinajstić information content (AvgIpc) is 3.88. The van der Waals surface area contributed by atoms with E-state index in [1.54, 1.807) is 0 Å². The second-order valence-electron chi connectivity index (χ2n) is 20.8. The third kappa shape index (κ3) is 24.0. The van der Waals surface area contributed by atoms with Gasteiger partial charge in [0, 0.05) is 51.1 Å². The first-order valence-corrected chi connectivity index (χ1v) is 27.5. The van der Waals surface area contributed by atoms with Gasteiger partial charge in [0.05, 0.1) is 0 Å². The van der Waals surface area contributed by atoms with Crippen molar-refractivity contribution in [2.45, 2.75) is 258 Å². The first kappa shape index (κ1) is 57.9. The molecule has 2 N–H and O–H groups in total. The Morgan fingerprint density at radius 2 is 0.797 bits per heavy atom. The Balaban J connectivity index is 1.85. The molecule has 0 radical (unpaired) electrons. The first-order chi connectivity index (χ1) is 30.9. The number of hydrogen-bond acceptors (Lipinski definition) is 6. The monoisotopic (exact) mass is 901 g/mol. The molecule has 64 heavy (non-hydrogen) atoms. The average molecular weight is 901 g/mol. The lowest BCUT2D eigenvalue weighted by molar-refractivity contribution is -0.142. The number of likely N-dealkylation sites (tertiary alicyclic amines) is 2. The summed E-state index contributed by atoms with van der Waals surface area (Å²) in [6.45, 7) is 17.4. The van der Waals surface area contributed by atoms with Crippen LogP contribution in [-0.2, 0) is 19.2 Å². The highest BCUT2D eigenvalue weighted by molar-refractivity contribution is 5.88. The van der Waals surface area contributed by atoms with Crippen LogP contribution < -0.4 is 10.6 Å². The molecular weight excluding hydrogens is 797 g/mol. The SMILES string of the molecule is CCCCCCCCCCCC(=O)N(CCC1CCCN1C)C(C(=O)NCCCCCCNC(=O)C(C(C)C)N(CCC1CCCN1C)C(=O)CCCCCCCCCCC)C(C)C. The van der Waals surface area contributed by atoms with Gasteiger partial charge in [-0.1, -0.05) is 157 Å². The van der Waals surface area contributed by atoms with E-state index >= 15 is 0 Å². The van der Waals surface area contributed by atoms with E-state index in [2.05, 4.69) is 76.1 Å². The van der Waals surface area contributed by atoms with Crippen molar-refractivity contribution in [3.8, 4) is 0 Å². The molecule has 0 aromatic heterocycles. The molecule has 0 aliphatic carbocycles. The largest absolute Gasteiger partial charge is 0.354 e. The lowest BCUT2D eigenvalue weighted by Gasteiger charge is -2.35. The lowest BCUT2D eigenvalue weighted by atomic mass is 9.99. The molecule has 374 valence electrons. The molecule has 10 nitrogen and oxygen atoms in total. The summed E-state index contributed by atoms with van der Waals surface area (Å²) in [4.78, 5) is 64.0. The molecule has 2 saturated heterocycles. The highest BCUT2D eigenvalue weighted by Crippen LogP contribution is 2.24. The summed E-state index contributed by atoms with van der Waals surface area (Å²) < 4.78 is 0. The van der Waals surface area contributed by atoms with Crippen LogP contribution in [0.25, 0.3) is 0 Å². The summed E-state index contributed by atoms with van der Waals surface area (Å²) in [6.07, 6.45) is 33.1. The molecule has 0 aromatic carbocycles. The predicted molar refractivity (Wildman–Crippen MR) is 269 cm³/mol. The minimum absolute atomic E-state index is 0.0248. The number of hydrogen-bond donors (Lipinski definition) is 2. The lowest BCUT2D eigenvalue weighted by Crippen LogP contribution is -2.53. The fraction of sp³-hybridized carbons (Fsp3) is 0.926. The molecule has 0 aromatic rings. The van der Waals surface area contributed by atoms with Gasteiger partial charge in [0.1, 0.15) is 12.1 Å². The van der Waals surface area contributed by atoms with Crippen LogP contribution >= 0.6 is 0 Å². The van der Waals surface area contributed by atoms with Crippen molar-refractivity contribution >= 4 is 23.6 Å². The molecular formula is C54H104N6O4. The Labute approximate surface area is 395 Å². The van der Waals surface area contributed by atoms with Crippen LogP contribution in [0.4, 0.5) is 0 Å². The molecule has 2 aliphatic rings. The van der Waals surface area contributed by atoms with Crippen LogP contribution in [0.2, 0.25) is 0 Å². The van der Waals surface area contributed by atoms with Crippen LogP contribution in [0, 0.1) is 11.8 Å². The van der Waals surface area contributed by atoms with Crippen LogP contribution in [0.1, 0.15) is 234 Å². The quantitative estimate of drug-likeness (QED) is 0.0596. The van der Waals surface area contributed by atoms with Gasteiger partial charge in [-0.3, -0.25) is 19.2 Å². The summed E-state index contributed by atoms with van der Waals surface area (Å²) in [7, 11) is 4.37. The van der Waals surface area contributed by atoms with Gasteiger partial charge in [0.15, 0.2) is 0 Å². The van der Waals surface area contributed by atoms with E-state index in [4.69, 9.17) is 0 Å². The van der Waals surface area contributed by atoms with Crippen molar-refractivity contribution in [1.82, 2.24) is 30.2 Å². The van der Waals surface area contributed by atoms with Gasteiger partial charge in [0.2, 0.25) is 23.6 Å². The summed E-state index contributed by atoms with van der Waals surface area (Å²) in [5, 5.41) is 6.43. The van der Waals surface area contributed by atoms with Crippen molar-refractivity contribution in [2.75, 3.05) is 53.4 Å². The number of carbonyl (C=O) groups is 4. The molecule has 2 fully saturated rings. The normalized spacial score (nSPS) is 17.9. The number of nitrogens with one attached hydrogen (secondary N) is 2. The molecule has 2 heterocycles. The summed E-state index contributed by atoms with van der Waals surface area (Å²) in [6, 6.07) is 0.0224. The van der Waals surface area contributed by atoms with Gasteiger partial charge in [-0.2, -0.15) is 0 Å². The summed E-state index contributed by atoms with van der Waals surface area (Å²) >= 11 is 0. The fourth-order valence-corrected chi connectivity index (χ4v) is 10.4. The Bertz CT molecular complexity index is 1140. The molecule has 4 amide bonds. The van der Waals surface area contributed by atoms with Crippen molar-refractivity contribution in [3.63, 3.8) is 0 Å². The number of nitrogens with zero attached hydrogens (tertiary/aromatic N) is 4. The van der Waals surface area contributed by atoms with Crippen LogP contribution in [0.3, 0.4) is 0 Å².